The van der Waals surface area contributed by atoms with E-state index in [0.717, 1.165) is 10.5 Å². The smallest absolute Gasteiger partial charge is 0.335 e. The van der Waals surface area contributed by atoms with E-state index in [1.165, 1.54) is 0 Å². The first-order chi connectivity index (χ1) is 12.5. The molecule has 3 rings (SSSR count). The molecule has 1 aromatic carbocycles. The Labute approximate surface area is 154 Å². The normalized spacial score (nSPS) is 19.4. The standard InChI is InChI=1S/C18H20F3N3O3/c1-17(2)12-9-11(3-4-13(12)23-15(17)26)22-14(25)10-5-7-24(8-6-10)16(27)18(19,20)21/h3-4,9-10H,5-8H2,1-2H3,(H,22,25)(H,23,26). The van der Waals surface area contributed by atoms with Crippen molar-refractivity contribution in [3.8, 4) is 0 Å². The zero-order valence-electron chi connectivity index (χ0n) is 14.9. The minimum Gasteiger partial charge on any atom is -0.335 e. The second kappa shape index (κ2) is 6.54. The molecule has 0 saturated carbocycles. The Balaban J connectivity index is 1.62. The molecule has 9 heteroatoms. The Bertz CT molecular complexity index is 797. The number of carbonyl (C=O) groups excluding carboxylic acids is 3. The van der Waals surface area contributed by atoms with Crippen LogP contribution in [0, 0.1) is 5.92 Å². The number of hydrogen-bond donors (Lipinski definition) is 2. The number of piperidine rings is 1. The number of benzene rings is 1. The predicted octanol–water partition coefficient (Wildman–Crippen LogP) is 2.66. The number of nitrogens with zero attached hydrogens (tertiary/aromatic N) is 1. The summed E-state index contributed by atoms with van der Waals surface area (Å²) in [5.41, 5.74) is 1.29. The number of carbonyl (C=O) groups is 3. The first kappa shape index (κ1) is 19.2. The van der Waals surface area contributed by atoms with Gasteiger partial charge in [0.1, 0.15) is 0 Å². The van der Waals surface area contributed by atoms with E-state index in [-0.39, 0.29) is 37.7 Å². The third-order valence-electron chi connectivity index (χ3n) is 5.17. The van der Waals surface area contributed by atoms with Crippen molar-refractivity contribution in [1.82, 2.24) is 4.90 Å². The molecule has 0 atom stereocenters. The number of amides is 3. The summed E-state index contributed by atoms with van der Waals surface area (Å²) in [6.45, 7) is 3.36. The lowest BCUT2D eigenvalue weighted by atomic mass is 9.86. The lowest BCUT2D eigenvalue weighted by Crippen LogP contribution is -2.46. The molecule has 0 unspecified atom stereocenters. The monoisotopic (exact) mass is 383 g/mol. The second-order valence-electron chi connectivity index (χ2n) is 7.39. The van der Waals surface area contributed by atoms with Crippen LogP contribution < -0.4 is 10.6 Å². The summed E-state index contributed by atoms with van der Waals surface area (Å²) in [6, 6.07) is 5.11. The average molecular weight is 383 g/mol. The molecule has 1 fully saturated rings. The number of fused-ring (bicyclic) bond motifs is 1. The summed E-state index contributed by atoms with van der Waals surface area (Å²) in [4.78, 5) is 36.4. The van der Waals surface area contributed by atoms with Crippen molar-refractivity contribution in [3.05, 3.63) is 23.8 Å². The first-order valence-electron chi connectivity index (χ1n) is 8.63. The summed E-state index contributed by atoms with van der Waals surface area (Å²) >= 11 is 0. The quantitative estimate of drug-likeness (QED) is 0.824. The molecule has 6 nitrogen and oxygen atoms in total. The number of likely N-dealkylation sites (tertiary alicyclic amines) is 1. The Kier molecular flexibility index (Phi) is 4.65. The van der Waals surface area contributed by atoms with Gasteiger partial charge in [-0.3, -0.25) is 14.4 Å². The molecule has 0 bridgehead atoms. The first-order valence-corrected chi connectivity index (χ1v) is 8.63. The van der Waals surface area contributed by atoms with Crippen LogP contribution in [0.3, 0.4) is 0 Å². The molecule has 1 saturated heterocycles. The number of alkyl halides is 3. The highest BCUT2D eigenvalue weighted by atomic mass is 19.4. The molecular formula is C18H20F3N3O3. The van der Waals surface area contributed by atoms with Crippen LogP contribution in [0.4, 0.5) is 24.5 Å². The average Bonchev–Trinajstić information content (AvgIpc) is 2.83. The molecule has 27 heavy (non-hydrogen) atoms. The molecule has 1 aromatic rings. The molecule has 0 spiro atoms. The number of nitrogens with one attached hydrogen (secondary N) is 2. The van der Waals surface area contributed by atoms with Gasteiger partial charge in [-0.25, -0.2) is 0 Å². The largest absolute Gasteiger partial charge is 0.471 e. The summed E-state index contributed by atoms with van der Waals surface area (Å²) in [5.74, 6) is -2.76. The van der Waals surface area contributed by atoms with Crippen LogP contribution in [0.25, 0.3) is 0 Å². The highest BCUT2D eigenvalue weighted by Gasteiger charge is 2.44. The summed E-state index contributed by atoms with van der Waals surface area (Å²) in [7, 11) is 0. The van der Waals surface area contributed by atoms with E-state index < -0.39 is 23.4 Å². The summed E-state index contributed by atoms with van der Waals surface area (Å²) < 4.78 is 37.4. The minimum absolute atomic E-state index is 0.105. The van der Waals surface area contributed by atoms with E-state index in [0.29, 0.717) is 11.4 Å². The van der Waals surface area contributed by atoms with E-state index in [2.05, 4.69) is 10.6 Å². The van der Waals surface area contributed by atoms with Crippen LogP contribution in [-0.4, -0.2) is 41.9 Å². The van der Waals surface area contributed by atoms with Gasteiger partial charge < -0.3 is 15.5 Å². The fourth-order valence-electron chi connectivity index (χ4n) is 3.42. The van der Waals surface area contributed by atoms with Crippen LogP contribution in [-0.2, 0) is 19.8 Å². The van der Waals surface area contributed by atoms with Crippen LogP contribution >= 0.6 is 0 Å². The van der Waals surface area contributed by atoms with E-state index in [1.807, 2.05) is 0 Å². The molecule has 3 amide bonds. The number of halogens is 3. The number of rotatable bonds is 2. The molecule has 2 aliphatic rings. The van der Waals surface area contributed by atoms with Crippen molar-refractivity contribution in [2.24, 2.45) is 5.92 Å². The molecular weight excluding hydrogens is 363 g/mol. The lowest BCUT2D eigenvalue weighted by molar-refractivity contribution is -0.186. The third-order valence-corrected chi connectivity index (χ3v) is 5.17. The van der Waals surface area contributed by atoms with Crippen molar-refractivity contribution in [1.29, 1.82) is 0 Å². The van der Waals surface area contributed by atoms with Crippen LogP contribution in [0.1, 0.15) is 32.3 Å². The van der Waals surface area contributed by atoms with Gasteiger partial charge in [-0.1, -0.05) is 0 Å². The van der Waals surface area contributed by atoms with Crippen molar-refractivity contribution in [2.45, 2.75) is 38.3 Å². The fourth-order valence-corrected chi connectivity index (χ4v) is 3.42. The van der Waals surface area contributed by atoms with Gasteiger partial charge in [0.25, 0.3) is 0 Å². The van der Waals surface area contributed by atoms with Crippen LogP contribution in [0.5, 0.6) is 0 Å². The van der Waals surface area contributed by atoms with Gasteiger partial charge in [-0.15, -0.1) is 0 Å². The molecule has 2 heterocycles. The maximum Gasteiger partial charge on any atom is 0.471 e. The zero-order valence-corrected chi connectivity index (χ0v) is 14.9. The van der Waals surface area contributed by atoms with Crippen LogP contribution in [0.2, 0.25) is 0 Å². The van der Waals surface area contributed by atoms with Crippen molar-refractivity contribution >= 4 is 29.1 Å². The van der Waals surface area contributed by atoms with Crippen molar-refractivity contribution in [3.63, 3.8) is 0 Å². The Morgan fingerprint density at radius 3 is 2.44 bits per heavy atom. The highest BCUT2D eigenvalue weighted by Crippen LogP contribution is 2.38. The lowest BCUT2D eigenvalue weighted by Gasteiger charge is -2.31. The van der Waals surface area contributed by atoms with Gasteiger partial charge in [0, 0.05) is 30.4 Å². The summed E-state index contributed by atoms with van der Waals surface area (Å²) in [6.07, 6.45) is -4.55. The molecule has 0 aliphatic carbocycles. The Morgan fingerprint density at radius 1 is 1.22 bits per heavy atom. The fraction of sp³-hybridized carbons (Fsp3) is 0.500. The summed E-state index contributed by atoms with van der Waals surface area (Å²) in [5, 5.41) is 5.54. The zero-order chi connectivity index (χ0) is 20.0. The van der Waals surface area contributed by atoms with Gasteiger partial charge in [0.05, 0.1) is 5.41 Å². The van der Waals surface area contributed by atoms with E-state index in [9.17, 15) is 27.6 Å². The predicted molar refractivity (Wildman–Crippen MR) is 92.1 cm³/mol. The molecule has 2 aliphatic heterocycles. The second-order valence-corrected chi connectivity index (χ2v) is 7.39. The van der Waals surface area contributed by atoms with Gasteiger partial charge in [-0.2, -0.15) is 13.2 Å². The Hall–Kier alpha value is -2.58. The number of hydrogen-bond acceptors (Lipinski definition) is 3. The SMILES string of the molecule is CC1(C)C(=O)Nc2ccc(NC(=O)C3CCN(C(=O)C(F)(F)F)CC3)cc21. The third kappa shape index (κ3) is 3.63. The Morgan fingerprint density at radius 2 is 1.85 bits per heavy atom. The maximum atomic E-state index is 12.5. The van der Waals surface area contributed by atoms with Gasteiger partial charge in [-0.05, 0) is 50.5 Å². The molecule has 0 radical (unpaired) electrons. The van der Waals surface area contributed by atoms with E-state index >= 15 is 0 Å². The van der Waals surface area contributed by atoms with Crippen molar-refractivity contribution < 1.29 is 27.6 Å². The molecule has 146 valence electrons. The maximum absolute atomic E-state index is 12.5. The van der Waals surface area contributed by atoms with Gasteiger partial charge in [0.2, 0.25) is 11.8 Å². The van der Waals surface area contributed by atoms with Gasteiger partial charge >= 0.3 is 12.1 Å². The molecule has 0 aromatic heterocycles. The van der Waals surface area contributed by atoms with Crippen LogP contribution in [0.15, 0.2) is 18.2 Å². The van der Waals surface area contributed by atoms with Crippen molar-refractivity contribution in [2.75, 3.05) is 23.7 Å². The van der Waals surface area contributed by atoms with Gasteiger partial charge in [0.15, 0.2) is 0 Å². The number of anilines is 2. The molecule has 2 N–H and O–H groups in total. The minimum atomic E-state index is -4.89. The topological polar surface area (TPSA) is 78.5 Å². The van der Waals surface area contributed by atoms with E-state index in [1.54, 1.807) is 32.0 Å². The highest BCUT2D eigenvalue weighted by molar-refractivity contribution is 6.06. The van der Waals surface area contributed by atoms with E-state index in [4.69, 9.17) is 0 Å².